The van der Waals surface area contributed by atoms with Crippen molar-refractivity contribution in [2.45, 2.75) is 32.2 Å². The van der Waals surface area contributed by atoms with Crippen molar-refractivity contribution in [3.8, 4) is 0 Å². The van der Waals surface area contributed by atoms with Crippen LogP contribution in [0.4, 0.5) is 0 Å². The summed E-state index contributed by atoms with van der Waals surface area (Å²) in [5, 5.41) is 8.83. The van der Waals surface area contributed by atoms with Crippen molar-refractivity contribution in [3.05, 3.63) is 0 Å². The minimum absolute atomic E-state index is 0.235. The van der Waals surface area contributed by atoms with Gasteiger partial charge in [0.05, 0.1) is 0 Å². The fourth-order valence-electron chi connectivity index (χ4n) is 2.01. The van der Waals surface area contributed by atoms with E-state index < -0.39 is 5.97 Å². The highest BCUT2D eigenvalue weighted by molar-refractivity contribution is 5.73. The molecule has 0 radical (unpaired) electrons. The summed E-state index contributed by atoms with van der Waals surface area (Å²) in [6.07, 6.45) is 3.15. The highest BCUT2D eigenvalue weighted by Gasteiger charge is 2.33. The van der Waals surface area contributed by atoms with E-state index in [1.54, 1.807) is 0 Å². The molecule has 0 aromatic rings. The predicted octanol–water partition coefficient (Wildman–Crippen LogP) is 1.19. The summed E-state index contributed by atoms with van der Waals surface area (Å²) in [7, 11) is 1.90. The molecule has 0 unspecified atom stereocenters. The van der Waals surface area contributed by atoms with Gasteiger partial charge in [0.25, 0.3) is 0 Å². The molecule has 1 fully saturated rings. The van der Waals surface area contributed by atoms with E-state index in [1.807, 2.05) is 11.9 Å². The number of likely N-dealkylation sites (tertiary alicyclic amines) is 1. The Bertz CT molecular complexity index is 170. The fraction of sp³-hybridized carbons (Fsp3) is 0.889. The molecule has 0 amide bonds. The maximum absolute atomic E-state index is 10.7. The Balaban J connectivity index is 2.44. The number of hydrogen-bond acceptors (Lipinski definition) is 2. The van der Waals surface area contributed by atoms with Crippen LogP contribution in [0.25, 0.3) is 0 Å². The first-order valence-electron chi connectivity index (χ1n) is 4.58. The van der Waals surface area contributed by atoms with Crippen LogP contribution in [-0.2, 0) is 4.79 Å². The summed E-state index contributed by atoms with van der Waals surface area (Å²) >= 11 is 0. The van der Waals surface area contributed by atoms with Gasteiger partial charge in [-0.05, 0) is 25.8 Å². The van der Waals surface area contributed by atoms with Crippen molar-refractivity contribution in [1.29, 1.82) is 0 Å². The minimum Gasteiger partial charge on any atom is -0.480 e. The summed E-state index contributed by atoms with van der Waals surface area (Å²) in [4.78, 5) is 12.7. The van der Waals surface area contributed by atoms with Crippen molar-refractivity contribution in [3.63, 3.8) is 0 Å². The molecule has 0 aliphatic carbocycles. The van der Waals surface area contributed by atoms with Gasteiger partial charge < -0.3 is 5.11 Å². The number of carboxylic acid groups (broad SMARTS) is 1. The molecule has 3 heteroatoms. The second-order valence-electron chi connectivity index (χ2n) is 3.68. The molecule has 1 rings (SSSR count). The van der Waals surface area contributed by atoms with Crippen LogP contribution in [0.5, 0.6) is 0 Å². The first kappa shape index (κ1) is 9.52. The fourth-order valence-corrected chi connectivity index (χ4v) is 2.01. The molecule has 12 heavy (non-hydrogen) atoms. The topological polar surface area (TPSA) is 40.5 Å². The lowest BCUT2D eigenvalue weighted by atomic mass is 10.0. The Morgan fingerprint density at radius 2 is 2.33 bits per heavy atom. The molecule has 0 saturated carbocycles. The molecule has 0 bridgehead atoms. The van der Waals surface area contributed by atoms with E-state index in [0.717, 1.165) is 25.8 Å². The van der Waals surface area contributed by atoms with Crippen LogP contribution in [0, 0.1) is 5.92 Å². The van der Waals surface area contributed by atoms with Gasteiger partial charge in [-0.3, -0.25) is 9.69 Å². The number of nitrogens with zero attached hydrogens (tertiary/aromatic N) is 1. The minimum atomic E-state index is -0.670. The van der Waals surface area contributed by atoms with Crippen LogP contribution in [0.3, 0.4) is 0 Å². The van der Waals surface area contributed by atoms with Crippen molar-refractivity contribution >= 4 is 5.97 Å². The van der Waals surface area contributed by atoms with Gasteiger partial charge in [-0.2, -0.15) is 0 Å². The van der Waals surface area contributed by atoms with Crippen LogP contribution in [-0.4, -0.2) is 35.6 Å². The third kappa shape index (κ3) is 1.97. The quantitative estimate of drug-likeness (QED) is 0.693. The molecule has 70 valence electrons. The summed E-state index contributed by atoms with van der Waals surface area (Å²) in [5.41, 5.74) is 0. The summed E-state index contributed by atoms with van der Waals surface area (Å²) < 4.78 is 0. The lowest BCUT2D eigenvalue weighted by molar-refractivity contribution is -0.141. The van der Waals surface area contributed by atoms with Gasteiger partial charge in [0.15, 0.2) is 0 Å². The van der Waals surface area contributed by atoms with E-state index in [0.29, 0.717) is 5.92 Å². The predicted molar refractivity (Wildman–Crippen MR) is 47.1 cm³/mol. The number of carboxylic acids is 1. The zero-order chi connectivity index (χ0) is 9.14. The standard InChI is InChI=1S/C9H17NO2/c1-3-4-7-5-8(9(11)12)10(2)6-7/h7-8H,3-6H2,1-2H3,(H,11,12)/t7-,8-/m1/s1. The Labute approximate surface area is 73.4 Å². The van der Waals surface area contributed by atoms with Crippen LogP contribution >= 0.6 is 0 Å². The number of hydrogen-bond donors (Lipinski definition) is 1. The van der Waals surface area contributed by atoms with Crippen molar-refractivity contribution < 1.29 is 9.90 Å². The maximum Gasteiger partial charge on any atom is 0.320 e. The van der Waals surface area contributed by atoms with E-state index in [4.69, 9.17) is 5.11 Å². The van der Waals surface area contributed by atoms with E-state index in [-0.39, 0.29) is 6.04 Å². The SMILES string of the molecule is CCC[C@@H]1C[C@H](C(=O)O)N(C)C1. The molecular weight excluding hydrogens is 154 g/mol. The number of carbonyl (C=O) groups is 1. The average Bonchev–Trinajstić information content (AvgIpc) is 2.32. The van der Waals surface area contributed by atoms with Gasteiger partial charge in [-0.1, -0.05) is 13.3 Å². The zero-order valence-electron chi connectivity index (χ0n) is 7.79. The summed E-state index contributed by atoms with van der Waals surface area (Å²) in [5.74, 6) is -0.0720. The van der Waals surface area contributed by atoms with E-state index in [2.05, 4.69) is 6.92 Å². The monoisotopic (exact) mass is 171 g/mol. The summed E-state index contributed by atoms with van der Waals surface area (Å²) in [6.45, 7) is 3.10. The highest BCUT2D eigenvalue weighted by Crippen LogP contribution is 2.25. The van der Waals surface area contributed by atoms with Gasteiger partial charge in [0, 0.05) is 6.54 Å². The van der Waals surface area contributed by atoms with Gasteiger partial charge in [-0.15, -0.1) is 0 Å². The number of likely N-dealkylation sites (N-methyl/N-ethyl adjacent to an activating group) is 1. The first-order valence-corrected chi connectivity index (χ1v) is 4.58. The third-order valence-electron chi connectivity index (χ3n) is 2.62. The van der Waals surface area contributed by atoms with E-state index in [9.17, 15) is 4.79 Å². The highest BCUT2D eigenvalue weighted by atomic mass is 16.4. The lowest BCUT2D eigenvalue weighted by Gasteiger charge is -2.13. The van der Waals surface area contributed by atoms with Crippen LogP contribution < -0.4 is 0 Å². The Hall–Kier alpha value is -0.570. The van der Waals surface area contributed by atoms with Gasteiger partial charge >= 0.3 is 5.97 Å². The van der Waals surface area contributed by atoms with Crippen LogP contribution in [0.15, 0.2) is 0 Å². The van der Waals surface area contributed by atoms with Gasteiger partial charge in [0.1, 0.15) is 6.04 Å². The molecule has 0 aromatic carbocycles. The van der Waals surface area contributed by atoms with Crippen LogP contribution in [0.1, 0.15) is 26.2 Å². The van der Waals surface area contributed by atoms with E-state index in [1.165, 1.54) is 0 Å². The molecule has 1 saturated heterocycles. The largest absolute Gasteiger partial charge is 0.480 e. The molecule has 1 aliphatic heterocycles. The van der Waals surface area contributed by atoms with Crippen LogP contribution in [0.2, 0.25) is 0 Å². The Morgan fingerprint density at radius 3 is 2.75 bits per heavy atom. The van der Waals surface area contributed by atoms with Crippen molar-refractivity contribution in [2.75, 3.05) is 13.6 Å². The smallest absolute Gasteiger partial charge is 0.320 e. The van der Waals surface area contributed by atoms with Gasteiger partial charge in [-0.25, -0.2) is 0 Å². The molecule has 1 heterocycles. The summed E-state index contributed by atoms with van der Waals surface area (Å²) in [6, 6.07) is -0.235. The second-order valence-corrected chi connectivity index (χ2v) is 3.68. The average molecular weight is 171 g/mol. The van der Waals surface area contributed by atoms with Crippen molar-refractivity contribution in [2.24, 2.45) is 5.92 Å². The third-order valence-corrected chi connectivity index (χ3v) is 2.62. The van der Waals surface area contributed by atoms with Gasteiger partial charge in [0.2, 0.25) is 0 Å². The zero-order valence-corrected chi connectivity index (χ0v) is 7.79. The molecule has 0 spiro atoms. The molecule has 3 nitrogen and oxygen atoms in total. The molecule has 1 N–H and O–H groups in total. The lowest BCUT2D eigenvalue weighted by Crippen LogP contribution is -2.32. The Kier molecular flexibility index (Phi) is 3.09. The Morgan fingerprint density at radius 1 is 1.67 bits per heavy atom. The van der Waals surface area contributed by atoms with E-state index >= 15 is 0 Å². The first-order chi connectivity index (χ1) is 5.65. The molecule has 1 aliphatic rings. The molecular formula is C9H17NO2. The maximum atomic E-state index is 10.7. The number of rotatable bonds is 3. The molecule has 0 aromatic heterocycles. The number of aliphatic carboxylic acids is 1. The normalized spacial score (nSPS) is 30.8. The van der Waals surface area contributed by atoms with Crippen molar-refractivity contribution in [1.82, 2.24) is 4.90 Å². The molecule has 2 atom stereocenters. The second kappa shape index (κ2) is 3.90.